The summed E-state index contributed by atoms with van der Waals surface area (Å²) in [6, 6.07) is 8.06. The van der Waals surface area contributed by atoms with Gasteiger partial charge in [-0.2, -0.15) is 0 Å². The first kappa shape index (κ1) is 17.8. The van der Waals surface area contributed by atoms with Crippen molar-refractivity contribution in [2.75, 3.05) is 18.8 Å². The van der Waals surface area contributed by atoms with Crippen molar-refractivity contribution in [1.82, 2.24) is 14.9 Å². The van der Waals surface area contributed by atoms with Crippen molar-refractivity contribution >= 4 is 11.9 Å². The van der Waals surface area contributed by atoms with Crippen LogP contribution < -0.4 is 10.5 Å². The van der Waals surface area contributed by atoms with Crippen molar-refractivity contribution in [3.05, 3.63) is 46.8 Å². The number of fused-ring (bicyclic) bond motifs is 1. The van der Waals surface area contributed by atoms with Gasteiger partial charge < -0.3 is 15.4 Å². The van der Waals surface area contributed by atoms with E-state index in [2.05, 4.69) is 23.0 Å². The number of nitrogens with two attached hydrogens (primary N) is 1. The molecule has 4 rings (SSSR count). The molecule has 0 radical (unpaired) electrons. The summed E-state index contributed by atoms with van der Waals surface area (Å²) in [4.78, 5) is 23.6. The van der Waals surface area contributed by atoms with E-state index in [1.54, 1.807) is 0 Å². The molecule has 0 saturated carbocycles. The molecule has 2 aromatic rings. The second-order valence-corrected chi connectivity index (χ2v) is 7.44. The van der Waals surface area contributed by atoms with Crippen molar-refractivity contribution in [3.63, 3.8) is 0 Å². The maximum absolute atomic E-state index is 13.1. The molecule has 1 saturated heterocycles. The van der Waals surface area contributed by atoms with Crippen LogP contribution in [0.2, 0.25) is 0 Å². The van der Waals surface area contributed by atoms with Crippen LogP contribution in [-0.2, 0) is 12.8 Å². The van der Waals surface area contributed by atoms with Crippen molar-refractivity contribution in [3.8, 4) is 5.75 Å². The number of anilines is 1. The minimum Gasteiger partial charge on any atom is -0.490 e. The number of aryl methyl sites for hydroxylation is 2. The highest BCUT2D eigenvalue weighted by Gasteiger charge is 2.29. The number of carbonyl (C=O) groups is 1. The highest BCUT2D eigenvalue weighted by atomic mass is 16.5. The van der Waals surface area contributed by atoms with Crippen LogP contribution in [0.15, 0.2) is 24.3 Å². The average Bonchev–Trinajstić information content (AvgIpc) is 2.69. The molecule has 1 aliphatic carbocycles. The smallest absolute Gasteiger partial charge is 0.272 e. The molecule has 2 aliphatic rings. The molecule has 1 aromatic heterocycles. The van der Waals surface area contributed by atoms with Gasteiger partial charge in [-0.1, -0.05) is 18.2 Å². The summed E-state index contributed by atoms with van der Waals surface area (Å²) < 4.78 is 6.15. The van der Waals surface area contributed by atoms with E-state index in [1.807, 2.05) is 23.1 Å². The van der Waals surface area contributed by atoms with Crippen LogP contribution in [0.25, 0.3) is 0 Å². The molecule has 6 heteroatoms. The fourth-order valence-corrected chi connectivity index (χ4v) is 3.98. The molecule has 142 valence electrons. The second kappa shape index (κ2) is 7.55. The molecule has 1 fully saturated rings. The number of benzene rings is 1. The van der Waals surface area contributed by atoms with Gasteiger partial charge in [-0.3, -0.25) is 4.79 Å². The molecular formula is C21H26N4O2. The second-order valence-electron chi connectivity index (χ2n) is 7.44. The normalized spacial score (nSPS) is 17.4. The Hall–Kier alpha value is -2.63. The number of aromatic nitrogens is 2. The lowest BCUT2D eigenvalue weighted by Gasteiger charge is -2.33. The predicted molar refractivity (Wildman–Crippen MR) is 104 cm³/mol. The molecular weight excluding hydrogens is 340 g/mol. The van der Waals surface area contributed by atoms with Crippen molar-refractivity contribution < 1.29 is 9.53 Å². The summed E-state index contributed by atoms with van der Waals surface area (Å²) in [5.41, 5.74) is 9.46. The minimum absolute atomic E-state index is 0.0170. The Labute approximate surface area is 159 Å². The van der Waals surface area contributed by atoms with Crippen LogP contribution >= 0.6 is 0 Å². The number of nitrogen functional groups attached to an aromatic ring is 1. The third-order valence-electron chi connectivity index (χ3n) is 5.52. The van der Waals surface area contributed by atoms with Crippen LogP contribution in [0.4, 0.5) is 5.95 Å². The summed E-state index contributed by atoms with van der Waals surface area (Å²) in [6.07, 6.45) is 5.70. The third-order valence-corrected chi connectivity index (χ3v) is 5.52. The van der Waals surface area contributed by atoms with Crippen LogP contribution in [-0.4, -0.2) is 40.0 Å². The van der Waals surface area contributed by atoms with E-state index in [0.717, 1.165) is 61.1 Å². The van der Waals surface area contributed by atoms with Gasteiger partial charge in [0.05, 0.1) is 0 Å². The number of hydrogen-bond acceptors (Lipinski definition) is 5. The van der Waals surface area contributed by atoms with Gasteiger partial charge in [0.2, 0.25) is 5.95 Å². The number of nitrogens with zero attached hydrogens (tertiary/aromatic N) is 3. The highest BCUT2D eigenvalue weighted by molar-refractivity contribution is 5.94. The molecule has 2 heterocycles. The Kier molecular flexibility index (Phi) is 4.97. The molecule has 2 N–H and O–H groups in total. The summed E-state index contributed by atoms with van der Waals surface area (Å²) in [5, 5.41) is 0. The Morgan fingerprint density at radius 3 is 2.67 bits per heavy atom. The van der Waals surface area contributed by atoms with E-state index in [4.69, 9.17) is 10.5 Å². The van der Waals surface area contributed by atoms with E-state index in [9.17, 15) is 4.79 Å². The van der Waals surface area contributed by atoms with Gasteiger partial charge in [-0.25, -0.2) is 9.97 Å². The zero-order chi connectivity index (χ0) is 18.8. The Morgan fingerprint density at radius 2 is 1.89 bits per heavy atom. The molecule has 0 bridgehead atoms. The fraction of sp³-hybridized carbons (Fsp3) is 0.476. The summed E-state index contributed by atoms with van der Waals surface area (Å²) in [5.74, 6) is 1.12. The number of likely N-dealkylation sites (tertiary alicyclic amines) is 1. The van der Waals surface area contributed by atoms with E-state index in [0.29, 0.717) is 18.8 Å². The van der Waals surface area contributed by atoms with Crippen LogP contribution in [0.5, 0.6) is 5.75 Å². The minimum atomic E-state index is -0.0170. The Balaban J connectivity index is 1.43. The summed E-state index contributed by atoms with van der Waals surface area (Å²) in [7, 11) is 0. The number of ether oxygens (including phenoxy) is 1. The van der Waals surface area contributed by atoms with Crippen LogP contribution in [0.1, 0.15) is 53.0 Å². The number of rotatable bonds is 3. The first-order chi connectivity index (χ1) is 13.1. The van der Waals surface area contributed by atoms with Crippen molar-refractivity contribution in [1.29, 1.82) is 0 Å². The lowest BCUT2D eigenvalue weighted by molar-refractivity contribution is 0.0587. The number of piperidine rings is 1. The highest BCUT2D eigenvalue weighted by Crippen LogP contribution is 2.26. The van der Waals surface area contributed by atoms with Gasteiger partial charge in [0.25, 0.3) is 5.91 Å². The molecule has 0 atom stereocenters. The van der Waals surface area contributed by atoms with Gasteiger partial charge in [0, 0.05) is 37.2 Å². The predicted octanol–water partition coefficient (Wildman–Crippen LogP) is 2.93. The molecule has 1 amide bonds. The Bertz CT molecular complexity index is 844. The largest absolute Gasteiger partial charge is 0.490 e. The van der Waals surface area contributed by atoms with E-state index in [1.165, 1.54) is 0 Å². The van der Waals surface area contributed by atoms with Crippen LogP contribution in [0.3, 0.4) is 0 Å². The SMILES string of the molecule is Cc1ccccc1OC1CCN(C(=O)c2nc(N)nc3c2CCCC3)CC1. The van der Waals surface area contributed by atoms with Gasteiger partial charge >= 0.3 is 0 Å². The molecule has 1 aromatic carbocycles. The number of hydrogen-bond donors (Lipinski definition) is 1. The number of para-hydroxylation sites is 1. The van der Waals surface area contributed by atoms with Crippen molar-refractivity contribution in [2.45, 2.75) is 51.6 Å². The van der Waals surface area contributed by atoms with Gasteiger partial charge in [0.15, 0.2) is 0 Å². The summed E-state index contributed by atoms with van der Waals surface area (Å²) in [6.45, 7) is 3.40. The number of carbonyl (C=O) groups excluding carboxylic acids is 1. The topological polar surface area (TPSA) is 81.3 Å². The third kappa shape index (κ3) is 3.75. The van der Waals surface area contributed by atoms with Crippen LogP contribution in [0, 0.1) is 6.92 Å². The zero-order valence-corrected chi connectivity index (χ0v) is 15.8. The average molecular weight is 366 g/mol. The maximum atomic E-state index is 13.1. The zero-order valence-electron chi connectivity index (χ0n) is 15.8. The first-order valence-corrected chi connectivity index (χ1v) is 9.78. The quantitative estimate of drug-likeness (QED) is 0.903. The first-order valence-electron chi connectivity index (χ1n) is 9.78. The standard InChI is InChI=1S/C21H26N4O2/c1-14-6-2-5-9-18(14)27-15-10-12-25(13-11-15)20(26)19-16-7-3-4-8-17(16)23-21(22)24-19/h2,5-6,9,15H,3-4,7-8,10-13H2,1H3,(H2,22,23,24). The maximum Gasteiger partial charge on any atom is 0.272 e. The number of amides is 1. The lowest BCUT2D eigenvalue weighted by atomic mass is 9.94. The van der Waals surface area contributed by atoms with E-state index >= 15 is 0 Å². The lowest BCUT2D eigenvalue weighted by Crippen LogP contribution is -2.42. The molecule has 1 aliphatic heterocycles. The molecule has 0 spiro atoms. The van der Waals surface area contributed by atoms with Gasteiger partial charge in [0.1, 0.15) is 17.5 Å². The monoisotopic (exact) mass is 366 g/mol. The summed E-state index contributed by atoms with van der Waals surface area (Å²) >= 11 is 0. The van der Waals surface area contributed by atoms with E-state index in [-0.39, 0.29) is 18.0 Å². The van der Waals surface area contributed by atoms with E-state index < -0.39 is 0 Å². The molecule has 6 nitrogen and oxygen atoms in total. The molecule has 27 heavy (non-hydrogen) atoms. The van der Waals surface area contributed by atoms with Crippen molar-refractivity contribution in [2.24, 2.45) is 0 Å². The van der Waals surface area contributed by atoms with Gasteiger partial charge in [-0.05, 0) is 44.2 Å². The molecule has 0 unspecified atom stereocenters. The fourth-order valence-electron chi connectivity index (χ4n) is 3.98. The Morgan fingerprint density at radius 1 is 1.15 bits per heavy atom. The van der Waals surface area contributed by atoms with Gasteiger partial charge in [-0.15, -0.1) is 0 Å².